The molecule has 1 aromatic rings. The van der Waals surface area contributed by atoms with E-state index in [4.69, 9.17) is 0 Å². The van der Waals surface area contributed by atoms with E-state index >= 15 is 0 Å². The molecule has 0 unspecified atom stereocenters. The van der Waals surface area contributed by atoms with Crippen LogP contribution in [0, 0.1) is 30.3 Å². The lowest BCUT2D eigenvalue weighted by atomic mass is 10.1. The lowest BCUT2D eigenvalue weighted by molar-refractivity contribution is -0.402. The van der Waals surface area contributed by atoms with Crippen molar-refractivity contribution in [3.05, 3.63) is 42.5 Å². The van der Waals surface area contributed by atoms with Crippen molar-refractivity contribution in [1.82, 2.24) is 0 Å². The van der Waals surface area contributed by atoms with Crippen LogP contribution in [0.2, 0.25) is 0 Å². The highest BCUT2D eigenvalue weighted by Gasteiger charge is 2.33. The van der Waals surface area contributed by atoms with Crippen LogP contribution in [0.4, 0.5) is 22.7 Å². The van der Waals surface area contributed by atoms with Crippen molar-refractivity contribution in [3.63, 3.8) is 0 Å². The topological polar surface area (TPSA) is 133 Å². The molecule has 0 amide bonds. The van der Waals surface area contributed by atoms with Gasteiger partial charge in [0, 0.05) is 13.1 Å². The summed E-state index contributed by atoms with van der Waals surface area (Å²) < 4.78 is 0. The average molecular weight is 312 g/mol. The Morgan fingerprint density at radius 2 is 1.27 bits per heavy atom. The molecule has 22 heavy (non-hydrogen) atoms. The zero-order chi connectivity index (χ0) is 16.9. The van der Waals surface area contributed by atoms with Crippen molar-refractivity contribution < 1.29 is 14.8 Å². The minimum absolute atomic E-state index is 0.177. The van der Waals surface area contributed by atoms with Crippen molar-refractivity contribution in [2.24, 2.45) is 0 Å². The SMILES string of the molecule is CCCN(CCC)c1c([N+](=O)[O-])cc([N+](=O)[O-])cc1[N+](=O)[O-]. The molecule has 0 aliphatic heterocycles. The molecule has 10 heteroatoms. The van der Waals surface area contributed by atoms with Crippen molar-refractivity contribution in [1.29, 1.82) is 0 Å². The molecule has 0 aromatic heterocycles. The Morgan fingerprint density at radius 1 is 0.864 bits per heavy atom. The van der Waals surface area contributed by atoms with E-state index in [1.54, 1.807) is 0 Å². The molecule has 0 bridgehead atoms. The summed E-state index contributed by atoms with van der Waals surface area (Å²) in [5.74, 6) is 0. The normalized spacial score (nSPS) is 10.3. The number of benzene rings is 1. The number of hydrogen-bond acceptors (Lipinski definition) is 7. The summed E-state index contributed by atoms with van der Waals surface area (Å²) >= 11 is 0. The molecule has 1 aromatic carbocycles. The Hall–Kier alpha value is -2.78. The van der Waals surface area contributed by atoms with Crippen LogP contribution < -0.4 is 4.90 Å². The van der Waals surface area contributed by atoms with Crippen LogP contribution in [0.1, 0.15) is 26.7 Å². The predicted octanol–water partition coefficient (Wildman–Crippen LogP) is 3.04. The molecule has 120 valence electrons. The molecule has 0 saturated carbocycles. The summed E-state index contributed by atoms with van der Waals surface area (Å²) in [4.78, 5) is 32.3. The Balaban J connectivity index is 3.66. The van der Waals surface area contributed by atoms with Gasteiger partial charge in [-0.15, -0.1) is 0 Å². The van der Waals surface area contributed by atoms with Gasteiger partial charge in [0.1, 0.15) is 0 Å². The van der Waals surface area contributed by atoms with Gasteiger partial charge in [0.2, 0.25) is 0 Å². The van der Waals surface area contributed by atoms with Gasteiger partial charge in [-0.2, -0.15) is 0 Å². The van der Waals surface area contributed by atoms with E-state index in [-0.39, 0.29) is 5.69 Å². The number of nitrogens with zero attached hydrogens (tertiary/aromatic N) is 4. The molecule has 0 heterocycles. The van der Waals surface area contributed by atoms with Crippen molar-refractivity contribution >= 4 is 22.7 Å². The highest BCUT2D eigenvalue weighted by Crippen LogP contribution is 2.41. The molecular formula is C12H16N4O6. The third-order valence-corrected chi connectivity index (χ3v) is 2.96. The Kier molecular flexibility index (Phi) is 5.72. The van der Waals surface area contributed by atoms with Crippen LogP contribution in [-0.2, 0) is 0 Å². The molecule has 0 fully saturated rings. The van der Waals surface area contributed by atoms with Crippen LogP contribution in [-0.4, -0.2) is 27.9 Å². The van der Waals surface area contributed by atoms with E-state index in [2.05, 4.69) is 0 Å². The zero-order valence-electron chi connectivity index (χ0n) is 12.2. The maximum Gasteiger partial charge on any atom is 0.306 e. The molecular weight excluding hydrogens is 296 g/mol. The zero-order valence-corrected chi connectivity index (χ0v) is 12.2. The minimum atomic E-state index is -0.881. The minimum Gasteiger partial charge on any atom is -0.360 e. The summed E-state index contributed by atoms with van der Waals surface area (Å²) in [6.07, 6.45) is 1.26. The first-order valence-electron chi connectivity index (χ1n) is 6.69. The number of nitro groups is 3. The van der Waals surface area contributed by atoms with Gasteiger partial charge >= 0.3 is 11.4 Å². The maximum atomic E-state index is 11.2. The van der Waals surface area contributed by atoms with E-state index in [9.17, 15) is 30.3 Å². The molecule has 1 rings (SSSR count). The quantitative estimate of drug-likeness (QED) is 0.532. The van der Waals surface area contributed by atoms with Crippen molar-refractivity contribution in [3.8, 4) is 0 Å². The summed E-state index contributed by atoms with van der Waals surface area (Å²) in [7, 11) is 0. The molecule has 10 nitrogen and oxygen atoms in total. The van der Waals surface area contributed by atoms with Crippen LogP contribution >= 0.6 is 0 Å². The van der Waals surface area contributed by atoms with E-state index < -0.39 is 31.8 Å². The highest BCUT2D eigenvalue weighted by atomic mass is 16.6. The summed E-state index contributed by atoms with van der Waals surface area (Å²) in [6.45, 7) is 4.44. The van der Waals surface area contributed by atoms with Gasteiger partial charge in [-0.05, 0) is 12.8 Å². The van der Waals surface area contributed by atoms with Crippen LogP contribution in [0.15, 0.2) is 12.1 Å². The summed E-state index contributed by atoms with van der Waals surface area (Å²) in [5.41, 5.74) is -2.09. The van der Waals surface area contributed by atoms with Gasteiger partial charge < -0.3 is 4.90 Å². The van der Waals surface area contributed by atoms with Crippen molar-refractivity contribution in [2.75, 3.05) is 18.0 Å². The van der Waals surface area contributed by atoms with Crippen LogP contribution in [0.3, 0.4) is 0 Å². The second-order valence-electron chi connectivity index (χ2n) is 4.59. The average Bonchev–Trinajstić information content (AvgIpc) is 2.45. The molecule has 0 atom stereocenters. The number of hydrogen-bond donors (Lipinski definition) is 0. The van der Waals surface area contributed by atoms with Crippen molar-refractivity contribution in [2.45, 2.75) is 26.7 Å². The number of non-ortho nitro benzene ring substituents is 1. The first-order chi connectivity index (χ1) is 10.3. The number of rotatable bonds is 8. The molecule has 0 N–H and O–H groups in total. The summed E-state index contributed by atoms with van der Waals surface area (Å²) in [5, 5.41) is 33.3. The fourth-order valence-electron chi connectivity index (χ4n) is 2.17. The molecule has 0 aliphatic rings. The number of anilines is 1. The maximum absolute atomic E-state index is 11.2. The monoisotopic (exact) mass is 312 g/mol. The first kappa shape index (κ1) is 17.3. The number of nitro benzene ring substituents is 3. The predicted molar refractivity (Wildman–Crippen MR) is 79.2 cm³/mol. The Morgan fingerprint density at radius 3 is 1.55 bits per heavy atom. The second kappa shape index (κ2) is 7.29. The van der Waals surface area contributed by atoms with E-state index in [0.717, 1.165) is 12.1 Å². The Labute approximate surface area is 125 Å². The van der Waals surface area contributed by atoms with Gasteiger partial charge in [0.15, 0.2) is 5.69 Å². The first-order valence-corrected chi connectivity index (χ1v) is 6.69. The van der Waals surface area contributed by atoms with Gasteiger partial charge in [-0.3, -0.25) is 30.3 Å². The van der Waals surface area contributed by atoms with Gasteiger partial charge in [0.25, 0.3) is 5.69 Å². The van der Waals surface area contributed by atoms with Crippen LogP contribution in [0.5, 0.6) is 0 Å². The molecule has 0 spiro atoms. The van der Waals surface area contributed by atoms with Gasteiger partial charge in [-0.25, -0.2) is 0 Å². The second-order valence-corrected chi connectivity index (χ2v) is 4.59. The standard InChI is InChI=1S/C12H16N4O6/c1-3-5-13(6-4-2)12-10(15(19)20)7-9(14(17)18)8-11(12)16(21)22/h7-8H,3-6H2,1-2H3. The van der Waals surface area contributed by atoms with E-state index in [1.807, 2.05) is 13.8 Å². The molecule has 0 saturated heterocycles. The third-order valence-electron chi connectivity index (χ3n) is 2.96. The Bertz CT molecular complexity index is 562. The van der Waals surface area contributed by atoms with Gasteiger partial charge in [0.05, 0.1) is 26.9 Å². The highest BCUT2D eigenvalue weighted by molar-refractivity contribution is 5.78. The molecule has 0 radical (unpaired) electrons. The van der Waals surface area contributed by atoms with Crippen LogP contribution in [0.25, 0.3) is 0 Å². The lowest BCUT2D eigenvalue weighted by Crippen LogP contribution is -2.26. The largest absolute Gasteiger partial charge is 0.360 e. The lowest BCUT2D eigenvalue weighted by Gasteiger charge is -2.22. The third kappa shape index (κ3) is 3.65. The van der Waals surface area contributed by atoms with Gasteiger partial charge in [-0.1, -0.05) is 13.8 Å². The fraction of sp³-hybridized carbons (Fsp3) is 0.500. The summed E-state index contributed by atoms with van der Waals surface area (Å²) in [6, 6.07) is 1.53. The van der Waals surface area contributed by atoms with E-state index in [1.165, 1.54) is 4.90 Å². The fourth-order valence-corrected chi connectivity index (χ4v) is 2.17. The smallest absolute Gasteiger partial charge is 0.306 e. The molecule has 0 aliphatic carbocycles. The van der Waals surface area contributed by atoms with E-state index in [0.29, 0.717) is 25.9 Å².